The van der Waals surface area contributed by atoms with Gasteiger partial charge in [0.05, 0.1) is 11.4 Å². The van der Waals surface area contributed by atoms with Crippen LogP contribution in [0, 0.1) is 12.7 Å². The quantitative estimate of drug-likeness (QED) is 0.426. The summed E-state index contributed by atoms with van der Waals surface area (Å²) in [6.45, 7) is 1.90. The number of hydrogen-bond acceptors (Lipinski definition) is 3. The lowest BCUT2D eigenvalue weighted by atomic mass is 10.2. The van der Waals surface area contributed by atoms with Gasteiger partial charge < -0.3 is 5.32 Å². The monoisotopic (exact) mass is 440 g/mol. The number of amides is 1. The predicted molar refractivity (Wildman–Crippen MR) is 116 cm³/mol. The van der Waals surface area contributed by atoms with E-state index in [1.165, 1.54) is 12.1 Å². The minimum absolute atomic E-state index is 0.0471. The zero-order valence-electron chi connectivity index (χ0n) is 15.7. The molecular formula is C22H15Cl2FN4O. The molecule has 150 valence electrons. The van der Waals surface area contributed by atoms with Gasteiger partial charge in [-0.25, -0.2) is 14.1 Å². The highest BCUT2D eigenvalue weighted by molar-refractivity contribution is 6.31. The Kier molecular flexibility index (Phi) is 5.53. The highest BCUT2D eigenvalue weighted by atomic mass is 35.5. The first-order valence-corrected chi connectivity index (χ1v) is 9.73. The van der Waals surface area contributed by atoms with E-state index in [4.69, 9.17) is 23.2 Å². The van der Waals surface area contributed by atoms with Gasteiger partial charge in [-0.05, 0) is 61.0 Å². The first-order valence-electron chi connectivity index (χ1n) is 8.98. The Labute approximate surface area is 182 Å². The number of rotatable bonds is 4. The molecule has 0 aliphatic rings. The summed E-state index contributed by atoms with van der Waals surface area (Å²) in [5, 5.41) is 7.98. The van der Waals surface area contributed by atoms with Crippen molar-refractivity contribution in [3.8, 4) is 17.1 Å². The van der Waals surface area contributed by atoms with E-state index in [-0.39, 0.29) is 11.5 Å². The smallest absolute Gasteiger partial charge is 0.295 e. The van der Waals surface area contributed by atoms with Crippen LogP contribution in [-0.4, -0.2) is 20.7 Å². The Morgan fingerprint density at radius 1 is 1.00 bits per heavy atom. The van der Waals surface area contributed by atoms with Crippen LogP contribution in [0.25, 0.3) is 17.1 Å². The summed E-state index contributed by atoms with van der Waals surface area (Å²) >= 11 is 12.2. The molecule has 0 saturated carbocycles. The molecule has 5 nitrogen and oxygen atoms in total. The Balaban J connectivity index is 1.81. The van der Waals surface area contributed by atoms with Crippen molar-refractivity contribution >= 4 is 34.8 Å². The fourth-order valence-corrected chi connectivity index (χ4v) is 3.21. The van der Waals surface area contributed by atoms with E-state index in [1.54, 1.807) is 53.2 Å². The van der Waals surface area contributed by atoms with Crippen LogP contribution in [0.2, 0.25) is 10.0 Å². The molecule has 1 heterocycles. The van der Waals surface area contributed by atoms with Crippen molar-refractivity contribution in [2.75, 3.05) is 5.32 Å². The lowest BCUT2D eigenvalue weighted by Gasteiger charge is -2.09. The number of carbonyl (C=O) groups is 1. The molecule has 0 aliphatic carbocycles. The maximum atomic E-state index is 13.9. The Hall–Kier alpha value is -3.22. The van der Waals surface area contributed by atoms with E-state index < -0.39 is 11.7 Å². The van der Waals surface area contributed by atoms with Crippen molar-refractivity contribution in [3.05, 3.63) is 94.0 Å². The van der Waals surface area contributed by atoms with E-state index >= 15 is 0 Å². The summed E-state index contributed by atoms with van der Waals surface area (Å²) in [4.78, 5) is 17.2. The third-order valence-electron chi connectivity index (χ3n) is 4.43. The number of aryl methyl sites for hydroxylation is 1. The second kappa shape index (κ2) is 8.26. The van der Waals surface area contributed by atoms with E-state index in [9.17, 15) is 9.18 Å². The lowest BCUT2D eigenvalue weighted by Crippen LogP contribution is -2.15. The van der Waals surface area contributed by atoms with E-state index in [0.29, 0.717) is 27.1 Å². The van der Waals surface area contributed by atoms with Crippen LogP contribution in [0.5, 0.6) is 0 Å². The summed E-state index contributed by atoms with van der Waals surface area (Å²) in [7, 11) is 0. The molecule has 0 bridgehead atoms. The number of para-hydroxylation sites is 1. The summed E-state index contributed by atoms with van der Waals surface area (Å²) in [6.07, 6.45) is 0. The topological polar surface area (TPSA) is 59.8 Å². The van der Waals surface area contributed by atoms with Crippen molar-refractivity contribution < 1.29 is 9.18 Å². The average Bonchev–Trinajstić information content (AvgIpc) is 3.17. The number of anilines is 1. The van der Waals surface area contributed by atoms with E-state index in [2.05, 4.69) is 15.4 Å². The van der Waals surface area contributed by atoms with Crippen molar-refractivity contribution in [2.24, 2.45) is 0 Å². The number of nitrogens with one attached hydrogen (secondary N) is 1. The molecule has 1 amide bonds. The highest BCUT2D eigenvalue weighted by Gasteiger charge is 2.21. The fraction of sp³-hybridized carbons (Fsp3) is 0.0455. The van der Waals surface area contributed by atoms with Crippen LogP contribution in [0.1, 0.15) is 16.2 Å². The van der Waals surface area contributed by atoms with Gasteiger partial charge in [-0.3, -0.25) is 4.79 Å². The SMILES string of the molecule is Cc1ccc(Cl)cc1-n1nc(C(=O)Nc2ccccc2F)nc1-c1ccc(Cl)cc1. The number of hydrogen-bond donors (Lipinski definition) is 1. The summed E-state index contributed by atoms with van der Waals surface area (Å²) in [6, 6.07) is 18.3. The molecule has 4 rings (SSSR count). The van der Waals surface area contributed by atoms with Crippen LogP contribution in [0.3, 0.4) is 0 Å². The van der Waals surface area contributed by atoms with E-state index in [1.807, 2.05) is 13.0 Å². The van der Waals surface area contributed by atoms with Gasteiger partial charge in [-0.1, -0.05) is 41.4 Å². The molecule has 4 aromatic rings. The molecule has 3 aromatic carbocycles. The molecule has 1 aromatic heterocycles. The molecule has 8 heteroatoms. The number of nitrogens with zero attached hydrogens (tertiary/aromatic N) is 3. The molecule has 1 N–H and O–H groups in total. The van der Waals surface area contributed by atoms with Gasteiger partial charge in [0.2, 0.25) is 5.82 Å². The zero-order valence-corrected chi connectivity index (χ0v) is 17.2. The Morgan fingerprint density at radius 3 is 2.43 bits per heavy atom. The molecule has 0 spiro atoms. The normalized spacial score (nSPS) is 10.8. The molecule has 0 aliphatic heterocycles. The van der Waals surface area contributed by atoms with Crippen LogP contribution in [-0.2, 0) is 0 Å². The van der Waals surface area contributed by atoms with Crippen molar-refractivity contribution in [1.82, 2.24) is 14.8 Å². The van der Waals surface area contributed by atoms with Crippen molar-refractivity contribution in [3.63, 3.8) is 0 Å². The second-order valence-electron chi connectivity index (χ2n) is 6.54. The number of carbonyl (C=O) groups excluding carboxylic acids is 1. The standard InChI is InChI=1S/C22H15Cl2FN4O/c1-13-6-9-16(24)12-19(13)29-21(14-7-10-15(23)11-8-14)27-20(28-29)22(30)26-18-5-3-2-4-17(18)25/h2-12H,1H3,(H,26,30). The number of benzene rings is 3. The number of halogens is 3. The summed E-state index contributed by atoms with van der Waals surface area (Å²) in [5.74, 6) is -0.860. The van der Waals surface area contributed by atoms with Gasteiger partial charge in [0.25, 0.3) is 5.91 Å². The fourth-order valence-electron chi connectivity index (χ4n) is 2.91. The van der Waals surface area contributed by atoms with Gasteiger partial charge in [-0.15, -0.1) is 5.10 Å². The largest absolute Gasteiger partial charge is 0.317 e. The summed E-state index contributed by atoms with van der Waals surface area (Å²) in [5.41, 5.74) is 2.31. The van der Waals surface area contributed by atoms with Crippen LogP contribution in [0.15, 0.2) is 66.7 Å². The lowest BCUT2D eigenvalue weighted by molar-refractivity contribution is 0.101. The zero-order chi connectivity index (χ0) is 21.3. The molecule has 0 saturated heterocycles. The van der Waals surface area contributed by atoms with Gasteiger partial charge >= 0.3 is 0 Å². The Bertz CT molecular complexity index is 1240. The maximum absolute atomic E-state index is 13.9. The minimum atomic E-state index is -0.631. The van der Waals surface area contributed by atoms with Crippen LogP contribution >= 0.6 is 23.2 Å². The first kappa shape index (κ1) is 20.1. The molecule has 0 atom stereocenters. The predicted octanol–water partition coefficient (Wildman–Crippen LogP) is 5.94. The Morgan fingerprint density at radius 2 is 1.70 bits per heavy atom. The van der Waals surface area contributed by atoms with Crippen molar-refractivity contribution in [2.45, 2.75) is 6.92 Å². The first-order chi connectivity index (χ1) is 14.4. The third kappa shape index (κ3) is 4.06. The molecule has 0 fully saturated rings. The van der Waals surface area contributed by atoms with Gasteiger partial charge in [-0.2, -0.15) is 0 Å². The maximum Gasteiger partial charge on any atom is 0.295 e. The average molecular weight is 441 g/mol. The molecule has 0 unspecified atom stereocenters. The number of aromatic nitrogens is 3. The van der Waals surface area contributed by atoms with Gasteiger partial charge in [0.15, 0.2) is 5.82 Å². The van der Waals surface area contributed by atoms with Crippen LogP contribution in [0.4, 0.5) is 10.1 Å². The van der Waals surface area contributed by atoms with E-state index in [0.717, 1.165) is 5.56 Å². The summed E-state index contributed by atoms with van der Waals surface area (Å²) < 4.78 is 15.5. The second-order valence-corrected chi connectivity index (χ2v) is 7.42. The van der Waals surface area contributed by atoms with Gasteiger partial charge in [0, 0.05) is 15.6 Å². The third-order valence-corrected chi connectivity index (χ3v) is 4.92. The minimum Gasteiger partial charge on any atom is -0.317 e. The highest BCUT2D eigenvalue weighted by Crippen LogP contribution is 2.26. The van der Waals surface area contributed by atoms with Crippen LogP contribution < -0.4 is 5.32 Å². The molecular weight excluding hydrogens is 426 g/mol. The molecule has 0 radical (unpaired) electrons. The van der Waals surface area contributed by atoms with Gasteiger partial charge in [0.1, 0.15) is 5.82 Å². The molecule has 30 heavy (non-hydrogen) atoms. The van der Waals surface area contributed by atoms with Crippen molar-refractivity contribution in [1.29, 1.82) is 0 Å².